The van der Waals surface area contributed by atoms with Gasteiger partial charge >= 0.3 is 0 Å². The Hall–Kier alpha value is -5.90. The normalized spacial score (nSPS) is 16.3. The molecule has 0 unspecified atom stereocenters. The van der Waals surface area contributed by atoms with Crippen molar-refractivity contribution in [2.45, 2.75) is 0 Å². The molecule has 8 heteroatoms. The number of fused-ring (bicyclic) bond motifs is 2. The molecule has 1 aromatic carbocycles. The maximum absolute atomic E-state index is 9.62. The summed E-state index contributed by atoms with van der Waals surface area (Å²) in [7, 11) is 0. The van der Waals surface area contributed by atoms with Crippen LogP contribution in [0.25, 0.3) is 46.6 Å². The minimum Gasteiger partial charge on any atom is -0.251 e. The van der Waals surface area contributed by atoms with Crippen LogP contribution in [0.15, 0.2) is 34.9 Å². The first-order chi connectivity index (χ1) is 14.6. The molecule has 0 saturated heterocycles. The number of nitriles is 3. The van der Waals surface area contributed by atoms with Gasteiger partial charge in [0.1, 0.15) is 0 Å². The van der Waals surface area contributed by atoms with Crippen molar-refractivity contribution in [1.29, 1.82) is 15.8 Å². The molecule has 30 heavy (non-hydrogen) atoms. The van der Waals surface area contributed by atoms with E-state index in [0.717, 1.165) is 0 Å². The van der Waals surface area contributed by atoms with Gasteiger partial charge in [-0.05, 0) is 33.9 Å². The van der Waals surface area contributed by atoms with Gasteiger partial charge in [0.05, 0.1) is 56.6 Å². The monoisotopic (exact) mass is 378 g/mol. The molecular formula is C22H2N8. The standard InChI is InChI=1S/C22H2N8/c1-26-16(9-24)18-12-7-14-13(6-11(12)15(8-23)20(18)28-3)19(17(10-25)27-2)22(30-5)21(14)29-4/h6-7H/b18-16+,19-17-. The van der Waals surface area contributed by atoms with Crippen molar-refractivity contribution in [1.82, 2.24) is 0 Å². The molecule has 0 saturated carbocycles. The summed E-state index contributed by atoms with van der Waals surface area (Å²) in [4.78, 5) is 16.4. The molecule has 0 spiro atoms. The van der Waals surface area contributed by atoms with Gasteiger partial charge < -0.3 is 0 Å². The maximum atomic E-state index is 9.62. The summed E-state index contributed by atoms with van der Waals surface area (Å²) in [6, 6.07) is 8.23. The van der Waals surface area contributed by atoms with E-state index in [4.69, 9.17) is 32.9 Å². The van der Waals surface area contributed by atoms with Crippen LogP contribution in [0.1, 0.15) is 22.3 Å². The van der Waals surface area contributed by atoms with Crippen LogP contribution in [0.3, 0.4) is 0 Å². The predicted molar refractivity (Wildman–Crippen MR) is 104 cm³/mol. The molecular weight excluding hydrogens is 376 g/mol. The molecule has 0 fully saturated rings. The van der Waals surface area contributed by atoms with Crippen molar-refractivity contribution in [2.24, 2.45) is 0 Å². The Bertz CT molecular complexity index is 1400. The third kappa shape index (κ3) is 2.25. The lowest BCUT2D eigenvalue weighted by atomic mass is 9.94. The van der Waals surface area contributed by atoms with Gasteiger partial charge in [-0.15, -0.1) is 0 Å². The summed E-state index contributed by atoms with van der Waals surface area (Å²) in [5, 5.41) is 28.3. The number of hydrogen-bond donors (Lipinski definition) is 0. The average Bonchev–Trinajstić information content (AvgIpc) is 3.25. The van der Waals surface area contributed by atoms with Crippen LogP contribution in [-0.2, 0) is 0 Å². The van der Waals surface area contributed by atoms with Crippen LogP contribution in [0, 0.1) is 66.9 Å². The van der Waals surface area contributed by atoms with E-state index in [9.17, 15) is 15.8 Å². The smallest absolute Gasteiger partial charge is 0.251 e. The Labute approximate surface area is 171 Å². The molecule has 3 rings (SSSR count). The summed E-state index contributed by atoms with van der Waals surface area (Å²) in [6.45, 7) is 36.8. The van der Waals surface area contributed by atoms with Gasteiger partial charge in [-0.25, -0.2) is 29.9 Å². The van der Waals surface area contributed by atoms with E-state index in [1.807, 2.05) is 6.07 Å². The number of hydrogen-bond acceptors (Lipinski definition) is 3. The highest BCUT2D eigenvalue weighted by atomic mass is 14.8. The van der Waals surface area contributed by atoms with E-state index in [-0.39, 0.29) is 67.5 Å². The van der Waals surface area contributed by atoms with E-state index >= 15 is 0 Å². The quantitative estimate of drug-likeness (QED) is 0.484. The van der Waals surface area contributed by atoms with Crippen LogP contribution in [0.2, 0.25) is 0 Å². The fourth-order valence-electron chi connectivity index (χ4n) is 3.37. The minimum atomic E-state index is -0.376. The lowest BCUT2D eigenvalue weighted by Gasteiger charge is -2.10. The second-order valence-corrected chi connectivity index (χ2v) is 5.71. The number of allylic oxidation sites excluding steroid dienone is 5. The summed E-state index contributed by atoms with van der Waals surface area (Å²) in [6.07, 6.45) is 0. The van der Waals surface area contributed by atoms with Crippen LogP contribution >= 0.6 is 0 Å². The molecule has 1 aromatic rings. The first-order valence-electron chi connectivity index (χ1n) is 7.81. The van der Waals surface area contributed by atoms with E-state index in [1.54, 1.807) is 12.1 Å². The summed E-state index contributed by atoms with van der Waals surface area (Å²) >= 11 is 0. The predicted octanol–water partition coefficient (Wildman–Crippen LogP) is 4.68. The SMILES string of the molecule is [C-]#[N+]C1=C([N+]#[C-])c2cc3c(cc2/C1=C(\C#N)[N+]#[C-])C(C#N)=C([N+]#[C-])/C3=C(\C#N)[N+]#[C-]. The van der Waals surface area contributed by atoms with Crippen molar-refractivity contribution in [3.8, 4) is 18.2 Å². The minimum absolute atomic E-state index is 0.00364. The second kappa shape index (κ2) is 7.02. The zero-order chi connectivity index (χ0) is 22.0. The fraction of sp³-hybridized carbons (Fsp3) is 0. The van der Waals surface area contributed by atoms with E-state index in [1.165, 1.54) is 12.1 Å². The van der Waals surface area contributed by atoms with Gasteiger partial charge in [0.15, 0.2) is 5.70 Å². The van der Waals surface area contributed by atoms with Gasteiger partial charge in [-0.2, -0.15) is 5.26 Å². The van der Waals surface area contributed by atoms with Gasteiger partial charge in [-0.1, -0.05) is 6.07 Å². The maximum Gasteiger partial charge on any atom is 0.259 e. The van der Waals surface area contributed by atoms with Gasteiger partial charge in [0, 0.05) is 5.57 Å². The Kier molecular flexibility index (Phi) is 4.42. The van der Waals surface area contributed by atoms with E-state index in [0.29, 0.717) is 0 Å². The molecule has 0 atom stereocenters. The summed E-state index contributed by atoms with van der Waals surface area (Å²) in [5.41, 5.74) is -0.229. The topological polar surface area (TPSA) is 93.2 Å². The number of rotatable bonds is 0. The summed E-state index contributed by atoms with van der Waals surface area (Å²) in [5.74, 6) is 0. The zero-order valence-corrected chi connectivity index (χ0v) is 14.7. The summed E-state index contributed by atoms with van der Waals surface area (Å²) < 4.78 is 0. The van der Waals surface area contributed by atoms with Gasteiger partial charge in [0.2, 0.25) is 11.4 Å². The van der Waals surface area contributed by atoms with Crippen molar-refractivity contribution >= 4 is 22.4 Å². The molecule has 0 N–H and O–H groups in total. The van der Waals surface area contributed by atoms with Crippen LogP contribution in [0.5, 0.6) is 0 Å². The molecule has 0 aromatic heterocycles. The van der Waals surface area contributed by atoms with Crippen LogP contribution in [0.4, 0.5) is 0 Å². The lowest BCUT2D eigenvalue weighted by molar-refractivity contribution is 1.47. The Morgan fingerprint density at radius 3 is 1.53 bits per heavy atom. The molecule has 2 aliphatic carbocycles. The first kappa shape index (κ1) is 18.9. The zero-order valence-electron chi connectivity index (χ0n) is 14.7. The van der Waals surface area contributed by atoms with Crippen molar-refractivity contribution < 1.29 is 0 Å². The van der Waals surface area contributed by atoms with Crippen molar-refractivity contribution in [3.05, 3.63) is 114 Å². The average molecular weight is 378 g/mol. The molecule has 8 nitrogen and oxygen atoms in total. The van der Waals surface area contributed by atoms with Crippen LogP contribution < -0.4 is 0 Å². The Morgan fingerprint density at radius 2 is 1.10 bits per heavy atom. The largest absolute Gasteiger partial charge is 0.259 e. The van der Waals surface area contributed by atoms with Crippen molar-refractivity contribution in [2.75, 3.05) is 0 Å². The van der Waals surface area contributed by atoms with E-state index < -0.39 is 0 Å². The highest BCUT2D eigenvalue weighted by molar-refractivity contribution is 6.12. The Morgan fingerprint density at radius 1 is 0.633 bits per heavy atom. The first-order valence-corrected chi connectivity index (χ1v) is 7.81. The van der Waals surface area contributed by atoms with Crippen molar-refractivity contribution in [3.63, 3.8) is 0 Å². The highest BCUT2D eigenvalue weighted by Crippen LogP contribution is 2.51. The highest BCUT2D eigenvalue weighted by Gasteiger charge is 2.36. The Balaban J connectivity index is 2.59. The van der Waals surface area contributed by atoms with E-state index in [2.05, 4.69) is 24.2 Å². The third-order valence-corrected chi connectivity index (χ3v) is 4.51. The third-order valence-electron chi connectivity index (χ3n) is 4.51. The fourth-order valence-corrected chi connectivity index (χ4v) is 3.37. The molecule has 2 aliphatic rings. The van der Waals surface area contributed by atoms with Gasteiger partial charge in [-0.3, -0.25) is 4.85 Å². The molecule has 0 radical (unpaired) electrons. The molecule has 0 aliphatic heterocycles. The second-order valence-electron chi connectivity index (χ2n) is 5.71. The van der Waals surface area contributed by atoms with Crippen LogP contribution in [-0.4, -0.2) is 0 Å². The molecule has 0 amide bonds. The molecule has 0 bridgehead atoms. The molecule has 0 heterocycles. The molecule has 130 valence electrons. The number of benzene rings is 1. The number of nitrogens with zero attached hydrogens (tertiary/aromatic N) is 8. The lowest BCUT2D eigenvalue weighted by Crippen LogP contribution is -1.93. The van der Waals surface area contributed by atoms with Gasteiger partial charge in [0.25, 0.3) is 11.4 Å².